The fourth-order valence-electron chi connectivity index (χ4n) is 4.04. The number of sulfonamides is 1. The summed E-state index contributed by atoms with van der Waals surface area (Å²) in [5, 5.41) is 14.8. The monoisotopic (exact) mass is 438 g/mol. The van der Waals surface area contributed by atoms with Crippen molar-refractivity contribution in [3.63, 3.8) is 0 Å². The van der Waals surface area contributed by atoms with Gasteiger partial charge in [0.1, 0.15) is 6.67 Å². The van der Waals surface area contributed by atoms with Crippen LogP contribution in [0.15, 0.2) is 48.8 Å². The third-order valence-corrected chi connectivity index (χ3v) is 6.95. The molecule has 0 saturated carbocycles. The Bertz CT molecular complexity index is 1260. The number of alkyl halides is 1. The Morgan fingerprint density at radius 3 is 2.61 bits per heavy atom. The van der Waals surface area contributed by atoms with Gasteiger partial charge >= 0.3 is 0 Å². The molecule has 0 atom stereocenters. The third kappa shape index (κ3) is 4.68. The number of fused-ring (bicyclic) bond motifs is 1. The second-order valence-electron chi connectivity index (χ2n) is 7.87. The van der Waals surface area contributed by atoms with Gasteiger partial charge in [-0.05, 0) is 71.3 Å². The number of nitrogens with zero attached hydrogens (tertiary/aromatic N) is 3. The van der Waals surface area contributed by atoms with Crippen molar-refractivity contribution in [2.75, 3.05) is 24.7 Å². The minimum atomic E-state index is -3.17. The highest BCUT2D eigenvalue weighted by atomic mass is 32.2. The average Bonchev–Trinajstić information content (AvgIpc) is 2.78. The molecular formula is C23H23FN4O2S. The predicted molar refractivity (Wildman–Crippen MR) is 120 cm³/mol. The number of hydrogen-bond acceptors (Lipinski definition) is 5. The summed E-state index contributed by atoms with van der Waals surface area (Å²) in [4.78, 5) is 4.25. The number of aromatic nitrogens is 1. The number of rotatable bonds is 5. The first kappa shape index (κ1) is 21.2. The molecular weight excluding hydrogens is 415 g/mol. The van der Waals surface area contributed by atoms with Crippen LogP contribution in [-0.2, 0) is 16.7 Å². The molecule has 1 aliphatic rings. The lowest BCUT2D eigenvalue weighted by Gasteiger charge is -2.31. The highest BCUT2D eigenvalue weighted by Crippen LogP contribution is 2.33. The molecule has 2 heterocycles. The molecule has 0 aliphatic carbocycles. The zero-order valence-corrected chi connectivity index (χ0v) is 18.0. The van der Waals surface area contributed by atoms with Crippen LogP contribution in [0.2, 0.25) is 0 Å². The van der Waals surface area contributed by atoms with Gasteiger partial charge in [0.15, 0.2) is 0 Å². The number of benzene rings is 2. The largest absolute Gasteiger partial charge is 0.382 e. The van der Waals surface area contributed by atoms with E-state index in [0.29, 0.717) is 37.1 Å². The number of pyridine rings is 1. The highest BCUT2D eigenvalue weighted by Gasteiger charge is 2.25. The van der Waals surface area contributed by atoms with Crippen molar-refractivity contribution in [2.45, 2.75) is 25.6 Å². The molecule has 2 aromatic carbocycles. The van der Waals surface area contributed by atoms with E-state index in [4.69, 9.17) is 0 Å². The summed E-state index contributed by atoms with van der Waals surface area (Å²) in [6.45, 7) is 0.330. The van der Waals surface area contributed by atoms with Crippen molar-refractivity contribution >= 4 is 26.5 Å². The van der Waals surface area contributed by atoms with E-state index in [1.165, 1.54) is 10.6 Å². The normalized spacial score (nSPS) is 15.6. The van der Waals surface area contributed by atoms with Crippen molar-refractivity contribution in [3.05, 3.63) is 59.9 Å². The maximum atomic E-state index is 13.3. The van der Waals surface area contributed by atoms with Gasteiger partial charge in [0, 0.05) is 42.6 Å². The van der Waals surface area contributed by atoms with Gasteiger partial charge in [0.2, 0.25) is 10.0 Å². The molecule has 160 valence electrons. The standard InChI is InChI=1S/C23H23FN4O2S/c1-31(29,30)28-6-3-21(4-7-28)27-23-12-20(11-18-2-5-26-15-22(18)23)19-9-16(13-24)8-17(10-19)14-25/h2,5,8-12,15,21,27H,3-4,6-7,13H2,1H3. The summed E-state index contributed by atoms with van der Waals surface area (Å²) >= 11 is 0. The second kappa shape index (κ2) is 8.61. The summed E-state index contributed by atoms with van der Waals surface area (Å²) in [5.41, 5.74) is 3.43. The van der Waals surface area contributed by atoms with Crippen LogP contribution in [0.3, 0.4) is 0 Å². The average molecular weight is 439 g/mol. The van der Waals surface area contributed by atoms with Gasteiger partial charge in [-0.15, -0.1) is 0 Å². The molecule has 6 nitrogen and oxygen atoms in total. The Morgan fingerprint density at radius 1 is 1.19 bits per heavy atom. The summed E-state index contributed by atoms with van der Waals surface area (Å²) in [7, 11) is -3.17. The van der Waals surface area contributed by atoms with Crippen LogP contribution in [0.5, 0.6) is 0 Å². The molecule has 0 radical (unpaired) electrons. The fourth-order valence-corrected chi connectivity index (χ4v) is 4.91. The van der Waals surface area contributed by atoms with Gasteiger partial charge in [0.25, 0.3) is 0 Å². The molecule has 3 aromatic rings. The van der Waals surface area contributed by atoms with Gasteiger partial charge in [0.05, 0.1) is 17.9 Å². The Balaban J connectivity index is 1.69. The van der Waals surface area contributed by atoms with Crippen molar-refractivity contribution in [3.8, 4) is 17.2 Å². The lowest BCUT2D eigenvalue weighted by atomic mass is 9.97. The van der Waals surface area contributed by atoms with Crippen LogP contribution in [0.4, 0.5) is 10.1 Å². The van der Waals surface area contributed by atoms with Gasteiger partial charge in [-0.3, -0.25) is 4.98 Å². The van der Waals surface area contributed by atoms with Gasteiger partial charge in [-0.1, -0.05) is 0 Å². The van der Waals surface area contributed by atoms with E-state index < -0.39 is 16.7 Å². The Hall–Kier alpha value is -3.02. The van der Waals surface area contributed by atoms with E-state index in [1.54, 1.807) is 30.6 Å². The van der Waals surface area contributed by atoms with Crippen molar-refractivity contribution in [1.82, 2.24) is 9.29 Å². The number of nitriles is 1. The molecule has 8 heteroatoms. The van der Waals surface area contributed by atoms with Crippen LogP contribution in [0.1, 0.15) is 24.0 Å². The molecule has 4 rings (SSSR count). The third-order valence-electron chi connectivity index (χ3n) is 5.65. The lowest BCUT2D eigenvalue weighted by molar-refractivity contribution is 0.332. The maximum absolute atomic E-state index is 13.3. The number of nitrogens with one attached hydrogen (secondary N) is 1. The molecule has 31 heavy (non-hydrogen) atoms. The molecule has 1 saturated heterocycles. The Morgan fingerprint density at radius 2 is 1.94 bits per heavy atom. The molecule has 1 fully saturated rings. The first-order valence-corrected chi connectivity index (χ1v) is 11.9. The van der Waals surface area contributed by atoms with E-state index in [9.17, 15) is 18.1 Å². The van der Waals surface area contributed by atoms with Gasteiger partial charge < -0.3 is 5.32 Å². The lowest BCUT2D eigenvalue weighted by Crippen LogP contribution is -2.41. The Kier molecular flexibility index (Phi) is 5.90. The summed E-state index contributed by atoms with van der Waals surface area (Å²) < 4.78 is 38.4. The molecule has 0 unspecified atom stereocenters. The summed E-state index contributed by atoms with van der Waals surface area (Å²) in [5.74, 6) is 0. The van der Waals surface area contributed by atoms with Crippen molar-refractivity contribution in [1.29, 1.82) is 5.26 Å². The molecule has 1 N–H and O–H groups in total. The number of anilines is 1. The van der Waals surface area contributed by atoms with Gasteiger partial charge in [-0.25, -0.2) is 17.1 Å². The van der Waals surface area contributed by atoms with Crippen LogP contribution in [-0.4, -0.2) is 43.1 Å². The zero-order chi connectivity index (χ0) is 22.0. The molecule has 0 bridgehead atoms. The second-order valence-corrected chi connectivity index (χ2v) is 9.85. The summed E-state index contributed by atoms with van der Waals surface area (Å²) in [6, 6.07) is 13.2. The van der Waals surface area contributed by atoms with Crippen LogP contribution in [0.25, 0.3) is 21.9 Å². The minimum absolute atomic E-state index is 0.128. The van der Waals surface area contributed by atoms with E-state index in [1.807, 2.05) is 18.2 Å². The smallest absolute Gasteiger partial charge is 0.211 e. The Labute approximate surface area is 181 Å². The topological polar surface area (TPSA) is 86.1 Å². The van der Waals surface area contributed by atoms with Crippen LogP contribution in [0, 0.1) is 11.3 Å². The first-order valence-electron chi connectivity index (χ1n) is 10.1. The van der Waals surface area contributed by atoms with E-state index in [-0.39, 0.29) is 6.04 Å². The quantitative estimate of drug-likeness (QED) is 0.649. The fraction of sp³-hybridized carbons (Fsp3) is 0.304. The maximum Gasteiger partial charge on any atom is 0.211 e. The summed E-state index contributed by atoms with van der Waals surface area (Å²) in [6.07, 6.45) is 6.17. The molecule has 1 aromatic heterocycles. The van der Waals surface area contributed by atoms with Crippen LogP contribution >= 0.6 is 0 Å². The number of halogens is 1. The van der Waals surface area contributed by atoms with Gasteiger partial charge in [-0.2, -0.15) is 5.26 Å². The number of hydrogen-bond donors (Lipinski definition) is 1. The van der Waals surface area contributed by atoms with E-state index in [0.717, 1.165) is 27.6 Å². The SMILES string of the molecule is CS(=O)(=O)N1CCC(Nc2cc(-c3cc(C#N)cc(CF)c3)cc3ccncc23)CC1. The van der Waals surface area contributed by atoms with Crippen molar-refractivity contribution in [2.24, 2.45) is 0 Å². The van der Waals surface area contributed by atoms with Crippen LogP contribution < -0.4 is 5.32 Å². The minimum Gasteiger partial charge on any atom is -0.382 e. The zero-order valence-electron chi connectivity index (χ0n) is 17.2. The van der Waals surface area contributed by atoms with Crippen molar-refractivity contribution < 1.29 is 12.8 Å². The molecule has 0 spiro atoms. The predicted octanol–water partition coefficient (Wildman–Crippen LogP) is 4.08. The molecule has 1 aliphatic heterocycles. The van der Waals surface area contributed by atoms with E-state index in [2.05, 4.69) is 16.4 Å². The molecule has 0 amide bonds. The first-order chi connectivity index (χ1) is 14.9. The van der Waals surface area contributed by atoms with E-state index >= 15 is 0 Å². The highest BCUT2D eigenvalue weighted by molar-refractivity contribution is 7.88. The number of piperidine rings is 1.